The molecule has 0 aliphatic rings. The summed E-state index contributed by atoms with van der Waals surface area (Å²) in [5, 5.41) is 3.37. The molecule has 0 fully saturated rings. The van der Waals surface area contributed by atoms with Crippen LogP contribution in [0.25, 0.3) is 0 Å². The molecule has 0 radical (unpaired) electrons. The highest BCUT2D eigenvalue weighted by Crippen LogP contribution is 2.25. The van der Waals surface area contributed by atoms with Crippen molar-refractivity contribution in [2.75, 3.05) is 0 Å². The molecular formula is C5H6F3N3S. The Kier molecular flexibility index (Phi) is 1.99. The molecule has 0 amide bonds. The van der Waals surface area contributed by atoms with Crippen molar-refractivity contribution in [3.63, 3.8) is 0 Å². The molecule has 0 unspecified atom stereocenters. The number of aryl methyl sites for hydroxylation is 1. The lowest BCUT2D eigenvalue weighted by atomic mass is 10.6. The van der Waals surface area contributed by atoms with Crippen molar-refractivity contribution in [2.45, 2.75) is 11.3 Å². The molecule has 0 N–H and O–H groups in total. The summed E-state index contributed by atoms with van der Waals surface area (Å²) in [6.07, 6.45) is -4.41. The number of aromatic nitrogens is 3. The van der Waals surface area contributed by atoms with Gasteiger partial charge in [0.25, 0.3) is 0 Å². The predicted octanol–water partition coefficient (Wildman–Crippen LogP) is 0.169. The van der Waals surface area contributed by atoms with Gasteiger partial charge in [-0.1, -0.05) is 0 Å². The molecule has 0 saturated carbocycles. The van der Waals surface area contributed by atoms with Crippen molar-refractivity contribution in [3.05, 3.63) is 5.82 Å². The molecule has 1 rings (SSSR count). The van der Waals surface area contributed by atoms with Gasteiger partial charge in [-0.15, -0.1) is 4.68 Å². The van der Waals surface area contributed by atoms with E-state index >= 15 is 0 Å². The van der Waals surface area contributed by atoms with Crippen LogP contribution in [0.1, 0.15) is 5.82 Å². The van der Waals surface area contributed by atoms with Gasteiger partial charge in [0.1, 0.15) is 0 Å². The topological polar surface area (TPSA) is 21.7 Å². The molecule has 1 aromatic rings. The highest BCUT2D eigenvalue weighted by Gasteiger charge is 2.43. The molecular weight excluding hydrogens is 191 g/mol. The molecule has 0 aliphatic heterocycles. The standard InChI is InChI=1S/C5H6F3N3S/c1-10-3(5(6,7)8)11(2)9-4(10)12/h1-2H3. The Morgan fingerprint density at radius 3 is 2.17 bits per heavy atom. The first kappa shape index (κ1) is 9.24. The highest BCUT2D eigenvalue weighted by atomic mass is 32.1. The molecule has 1 heterocycles. The van der Waals surface area contributed by atoms with Crippen LogP contribution in [-0.4, -0.2) is 9.78 Å². The zero-order valence-electron chi connectivity index (χ0n) is 6.38. The highest BCUT2D eigenvalue weighted by molar-refractivity contribution is 7.58. The van der Waals surface area contributed by atoms with Crippen LogP contribution in [0.15, 0.2) is 5.16 Å². The lowest BCUT2D eigenvalue weighted by Gasteiger charge is -2.03. The molecule has 0 aromatic carbocycles. The summed E-state index contributed by atoms with van der Waals surface area (Å²) in [6, 6.07) is 0. The summed E-state index contributed by atoms with van der Waals surface area (Å²) in [5.74, 6) is -0.854. The van der Waals surface area contributed by atoms with Crippen molar-refractivity contribution in [1.29, 1.82) is 0 Å². The lowest BCUT2D eigenvalue weighted by Crippen LogP contribution is -2.39. The maximum atomic E-state index is 12.2. The SMILES string of the molecule is Cn1nc([S-])[n+](C)c1C(F)(F)F. The first-order valence-corrected chi connectivity index (χ1v) is 3.42. The van der Waals surface area contributed by atoms with Gasteiger partial charge in [-0.05, 0) is 0 Å². The van der Waals surface area contributed by atoms with Crippen molar-refractivity contribution in [3.8, 4) is 0 Å². The van der Waals surface area contributed by atoms with E-state index in [9.17, 15) is 13.2 Å². The molecule has 3 nitrogen and oxygen atoms in total. The number of hydrogen-bond acceptors (Lipinski definition) is 2. The molecule has 12 heavy (non-hydrogen) atoms. The summed E-state index contributed by atoms with van der Waals surface area (Å²) in [4.78, 5) is 0. The number of halogens is 3. The zero-order valence-corrected chi connectivity index (χ0v) is 7.20. The van der Waals surface area contributed by atoms with Gasteiger partial charge in [-0.2, -0.15) is 13.2 Å². The maximum Gasteiger partial charge on any atom is 0.481 e. The second-order valence-corrected chi connectivity index (χ2v) is 2.65. The van der Waals surface area contributed by atoms with E-state index in [2.05, 4.69) is 17.7 Å². The average molecular weight is 197 g/mol. The lowest BCUT2D eigenvalue weighted by molar-refractivity contribution is -0.727. The fourth-order valence-electron chi connectivity index (χ4n) is 0.924. The van der Waals surface area contributed by atoms with Crippen LogP contribution in [0.3, 0.4) is 0 Å². The number of nitrogens with zero attached hydrogens (tertiary/aromatic N) is 3. The minimum Gasteiger partial charge on any atom is -0.703 e. The van der Waals surface area contributed by atoms with Crippen LogP contribution in [0, 0.1) is 0 Å². The van der Waals surface area contributed by atoms with E-state index in [4.69, 9.17) is 0 Å². The van der Waals surface area contributed by atoms with E-state index in [1.54, 1.807) is 0 Å². The fraction of sp³-hybridized carbons (Fsp3) is 0.600. The molecule has 1 aromatic heterocycles. The van der Waals surface area contributed by atoms with E-state index in [-0.39, 0.29) is 5.16 Å². The first-order chi connectivity index (χ1) is 5.34. The molecule has 7 heteroatoms. The van der Waals surface area contributed by atoms with Gasteiger partial charge in [0.15, 0.2) is 5.16 Å². The van der Waals surface area contributed by atoms with Gasteiger partial charge < -0.3 is 12.6 Å². The van der Waals surface area contributed by atoms with Gasteiger partial charge in [-0.3, -0.25) is 0 Å². The summed E-state index contributed by atoms with van der Waals surface area (Å²) >= 11 is 4.56. The monoisotopic (exact) mass is 197 g/mol. The Morgan fingerprint density at radius 2 is 2.00 bits per heavy atom. The Balaban J connectivity index is 3.32. The molecule has 0 atom stereocenters. The second kappa shape index (κ2) is 2.58. The van der Waals surface area contributed by atoms with Gasteiger partial charge in [-0.25, -0.2) is 4.57 Å². The van der Waals surface area contributed by atoms with Crippen molar-refractivity contribution in [2.24, 2.45) is 14.1 Å². The summed E-state index contributed by atoms with van der Waals surface area (Å²) < 4.78 is 38.1. The van der Waals surface area contributed by atoms with Gasteiger partial charge in [0, 0.05) is 5.10 Å². The third-order valence-electron chi connectivity index (χ3n) is 1.40. The van der Waals surface area contributed by atoms with Crippen LogP contribution in [0.2, 0.25) is 0 Å². The van der Waals surface area contributed by atoms with Crippen LogP contribution in [-0.2, 0) is 32.9 Å². The van der Waals surface area contributed by atoms with Crippen molar-refractivity contribution < 1.29 is 17.7 Å². The maximum absolute atomic E-state index is 12.2. The largest absolute Gasteiger partial charge is 0.703 e. The molecule has 0 saturated heterocycles. The number of hydrogen-bond donors (Lipinski definition) is 0. The first-order valence-electron chi connectivity index (χ1n) is 3.01. The Labute approximate surface area is 72.2 Å². The Morgan fingerprint density at radius 1 is 1.50 bits per heavy atom. The van der Waals surface area contributed by atoms with Gasteiger partial charge in [0.2, 0.25) is 0 Å². The van der Waals surface area contributed by atoms with Gasteiger partial charge in [0.05, 0.1) is 14.1 Å². The number of alkyl halides is 3. The van der Waals surface area contributed by atoms with E-state index in [0.29, 0.717) is 0 Å². The molecule has 68 valence electrons. The summed E-state index contributed by atoms with van der Waals surface area (Å²) in [7, 11) is 2.44. The molecule has 0 spiro atoms. The van der Waals surface area contributed by atoms with Crippen molar-refractivity contribution in [1.82, 2.24) is 9.78 Å². The third-order valence-corrected chi connectivity index (χ3v) is 1.76. The van der Waals surface area contributed by atoms with E-state index < -0.39 is 12.0 Å². The van der Waals surface area contributed by atoms with Gasteiger partial charge >= 0.3 is 12.0 Å². The Bertz CT molecular complexity index is 304. The summed E-state index contributed by atoms with van der Waals surface area (Å²) in [5.41, 5.74) is 0. The minimum atomic E-state index is -4.41. The normalized spacial score (nSPS) is 12.1. The van der Waals surface area contributed by atoms with Crippen LogP contribution < -0.4 is 4.57 Å². The smallest absolute Gasteiger partial charge is 0.481 e. The Hall–Kier alpha value is -0.850. The third kappa shape index (κ3) is 1.36. The molecule has 0 aliphatic carbocycles. The van der Waals surface area contributed by atoms with Crippen LogP contribution in [0.5, 0.6) is 0 Å². The second-order valence-electron chi connectivity index (χ2n) is 2.29. The number of rotatable bonds is 0. The van der Waals surface area contributed by atoms with Crippen LogP contribution >= 0.6 is 0 Å². The summed E-state index contributed by atoms with van der Waals surface area (Å²) in [6.45, 7) is 0. The van der Waals surface area contributed by atoms with E-state index in [1.807, 2.05) is 0 Å². The zero-order chi connectivity index (χ0) is 9.52. The van der Waals surface area contributed by atoms with E-state index in [0.717, 1.165) is 9.25 Å². The van der Waals surface area contributed by atoms with E-state index in [1.165, 1.54) is 14.1 Å². The molecule has 0 bridgehead atoms. The van der Waals surface area contributed by atoms with Crippen LogP contribution in [0.4, 0.5) is 13.2 Å². The quantitative estimate of drug-likeness (QED) is 0.437. The minimum absolute atomic E-state index is 0.0789. The fourth-order valence-corrected chi connectivity index (χ4v) is 1.13. The average Bonchev–Trinajstić information content (AvgIpc) is 2.05. The van der Waals surface area contributed by atoms with Crippen molar-refractivity contribution >= 4 is 12.6 Å². The predicted molar refractivity (Wildman–Crippen MR) is 35.0 cm³/mol.